The Balaban J connectivity index is 1.90. The number of benzene rings is 1. The minimum atomic E-state index is -0.622. The van der Waals surface area contributed by atoms with Crippen LogP contribution in [-0.2, 0) is 11.2 Å². The number of carbonyl (C=O) groups excluding carboxylic acids is 2. The molecule has 0 fully saturated rings. The lowest BCUT2D eigenvalue weighted by Crippen LogP contribution is -2.42. The monoisotopic (exact) mass is 430 g/mol. The Morgan fingerprint density at radius 3 is 2.83 bits per heavy atom. The third kappa shape index (κ3) is 4.80. The van der Waals surface area contributed by atoms with Crippen LogP contribution in [-0.4, -0.2) is 34.6 Å². The van der Waals surface area contributed by atoms with Crippen LogP contribution in [0, 0.1) is 11.3 Å². The summed E-state index contributed by atoms with van der Waals surface area (Å²) in [6, 6.07) is 5.44. The molecule has 3 rings (SSSR count). The minimum Gasteiger partial charge on any atom is -0.490 e. The molecule has 1 aromatic heterocycles. The Morgan fingerprint density at radius 2 is 2.13 bits per heavy atom. The fourth-order valence-corrected chi connectivity index (χ4v) is 3.90. The van der Waals surface area contributed by atoms with Gasteiger partial charge >= 0.3 is 0 Å². The Morgan fingerprint density at radius 1 is 1.37 bits per heavy atom. The maximum absolute atomic E-state index is 13.2. The summed E-state index contributed by atoms with van der Waals surface area (Å²) in [5.41, 5.74) is 1.40. The maximum Gasteiger partial charge on any atom is 0.269 e. The third-order valence-electron chi connectivity index (χ3n) is 5.10. The molecule has 0 bridgehead atoms. The highest BCUT2D eigenvalue weighted by molar-refractivity contribution is 7.08. The van der Waals surface area contributed by atoms with Crippen LogP contribution in [0.25, 0.3) is 0 Å². The number of aryl methyl sites for hydroxylation is 1. The van der Waals surface area contributed by atoms with E-state index < -0.39 is 5.41 Å². The molecular formula is C22H30N4O3S. The van der Waals surface area contributed by atoms with Crippen molar-refractivity contribution in [3.05, 3.63) is 28.8 Å². The molecule has 0 aliphatic carbocycles. The molecule has 2 heterocycles. The second-order valence-corrected chi connectivity index (χ2v) is 9.50. The van der Waals surface area contributed by atoms with E-state index in [2.05, 4.69) is 28.8 Å². The number of carbonyl (C=O) groups is 2. The van der Waals surface area contributed by atoms with Crippen molar-refractivity contribution in [2.45, 2.75) is 53.9 Å². The van der Waals surface area contributed by atoms with Gasteiger partial charge in [-0.2, -0.15) is 0 Å². The SMILES string of the molecule is CCCc1nnsc1C(=O)Nc1ccc2c(c1)N(CCC(C)C)C(=O)C(C)(C)CO2. The van der Waals surface area contributed by atoms with Crippen LogP contribution in [0.4, 0.5) is 11.4 Å². The van der Waals surface area contributed by atoms with Gasteiger partial charge in [0.25, 0.3) is 5.91 Å². The van der Waals surface area contributed by atoms with Gasteiger partial charge in [-0.25, -0.2) is 0 Å². The van der Waals surface area contributed by atoms with Crippen molar-refractivity contribution in [1.82, 2.24) is 9.59 Å². The first-order valence-electron chi connectivity index (χ1n) is 10.4. The summed E-state index contributed by atoms with van der Waals surface area (Å²) >= 11 is 1.10. The third-order valence-corrected chi connectivity index (χ3v) is 5.87. The molecule has 2 amide bonds. The number of hydrogen-bond donors (Lipinski definition) is 1. The number of aromatic nitrogens is 2. The summed E-state index contributed by atoms with van der Waals surface area (Å²) in [4.78, 5) is 28.3. The molecule has 0 radical (unpaired) electrons. The van der Waals surface area contributed by atoms with Gasteiger partial charge in [0.15, 0.2) is 0 Å². The predicted molar refractivity (Wildman–Crippen MR) is 119 cm³/mol. The number of anilines is 2. The van der Waals surface area contributed by atoms with Crippen LogP contribution in [0.5, 0.6) is 5.75 Å². The molecule has 30 heavy (non-hydrogen) atoms. The van der Waals surface area contributed by atoms with Gasteiger partial charge in [-0.1, -0.05) is 31.7 Å². The molecule has 7 nitrogen and oxygen atoms in total. The Kier molecular flexibility index (Phi) is 6.75. The minimum absolute atomic E-state index is 0.0299. The number of nitrogens with zero attached hydrogens (tertiary/aromatic N) is 3. The van der Waals surface area contributed by atoms with Crippen LogP contribution in [0.3, 0.4) is 0 Å². The van der Waals surface area contributed by atoms with Crippen LogP contribution in [0.1, 0.15) is 62.8 Å². The maximum atomic E-state index is 13.2. The highest BCUT2D eigenvalue weighted by atomic mass is 32.1. The fraction of sp³-hybridized carbons (Fsp3) is 0.545. The molecule has 0 saturated carbocycles. The van der Waals surface area contributed by atoms with Crippen molar-refractivity contribution in [2.75, 3.05) is 23.4 Å². The molecule has 1 aliphatic rings. The highest BCUT2D eigenvalue weighted by Gasteiger charge is 2.37. The van der Waals surface area contributed by atoms with E-state index >= 15 is 0 Å². The number of hydrogen-bond acceptors (Lipinski definition) is 6. The Bertz CT molecular complexity index is 923. The summed E-state index contributed by atoms with van der Waals surface area (Å²) in [6.45, 7) is 11.0. The van der Waals surface area contributed by atoms with E-state index in [1.807, 2.05) is 32.9 Å². The summed E-state index contributed by atoms with van der Waals surface area (Å²) < 4.78 is 9.88. The average molecular weight is 431 g/mol. The molecule has 1 aromatic carbocycles. The van der Waals surface area contributed by atoms with Crippen molar-refractivity contribution >= 4 is 34.7 Å². The largest absolute Gasteiger partial charge is 0.490 e. The van der Waals surface area contributed by atoms with E-state index in [0.717, 1.165) is 24.4 Å². The zero-order chi connectivity index (χ0) is 21.9. The number of fused-ring (bicyclic) bond motifs is 1. The Hall–Kier alpha value is -2.48. The molecule has 0 spiro atoms. The van der Waals surface area contributed by atoms with Crippen LogP contribution >= 0.6 is 11.5 Å². The van der Waals surface area contributed by atoms with E-state index in [-0.39, 0.29) is 11.8 Å². The number of amides is 2. The van der Waals surface area contributed by atoms with Gasteiger partial charge in [0.1, 0.15) is 17.2 Å². The van der Waals surface area contributed by atoms with Gasteiger partial charge in [-0.15, -0.1) is 5.10 Å². The molecule has 0 saturated heterocycles. The van der Waals surface area contributed by atoms with Gasteiger partial charge in [0, 0.05) is 12.2 Å². The van der Waals surface area contributed by atoms with Crippen molar-refractivity contribution in [3.8, 4) is 5.75 Å². The molecule has 1 N–H and O–H groups in total. The highest BCUT2D eigenvalue weighted by Crippen LogP contribution is 2.38. The van der Waals surface area contributed by atoms with Gasteiger partial charge in [-0.05, 0) is 62.3 Å². The smallest absolute Gasteiger partial charge is 0.269 e. The first-order valence-corrected chi connectivity index (χ1v) is 11.2. The second-order valence-electron chi connectivity index (χ2n) is 8.75. The fourth-order valence-electron chi connectivity index (χ4n) is 3.30. The summed E-state index contributed by atoms with van der Waals surface area (Å²) in [5, 5.41) is 7.00. The lowest BCUT2D eigenvalue weighted by Gasteiger charge is -2.28. The molecule has 1 aliphatic heterocycles. The normalized spacial score (nSPS) is 15.5. The van der Waals surface area contributed by atoms with Crippen molar-refractivity contribution in [1.29, 1.82) is 0 Å². The van der Waals surface area contributed by atoms with Gasteiger partial charge in [0.2, 0.25) is 5.91 Å². The zero-order valence-electron chi connectivity index (χ0n) is 18.3. The first-order chi connectivity index (χ1) is 14.2. The van der Waals surface area contributed by atoms with E-state index in [1.54, 1.807) is 11.0 Å². The van der Waals surface area contributed by atoms with Crippen molar-refractivity contribution < 1.29 is 14.3 Å². The van der Waals surface area contributed by atoms with E-state index in [1.165, 1.54) is 0 Å². The molecule has 8 heteroatoms. The van der Waals surface area contributed by atoms with Crippen molar-refractivity contribution in [3.63, 3.8) is 0 Å². The summed E-state index contributed by atoms with van der Waals surface area (Å²) in [5.74, 6) is 0.916. The zero-order valence-corrected chi connectivity index (χ0v) is 19.1. The van der Waals surface area contributed by atoms with Crippen LogP contribution in [0.15, 0.2) is 18.2 Å². The number of rotatable bonds is 7. The Labute approximate surface area is 182 Å². The summed E-state index contributed by atoms with van der Waals surface area (Å²) in [7, 11) is 0. The van der Waals surface area contributed by atoms with Crippen molar-refractivity contribution in [2.24, 2.45) is 11.3 Å². The quantitative estimate of drug-likeness (QED) is 0.697. The lowest BCUT2D eigenvalue weighted by molar-refractivity contribution is -0.127. The number of nitrogens with one attached hydrogen (secondary N) is 1. The molecule has 0 atom stereocenters. The van der Waals surface area contributed by atoms with Crippen LogP contribution < -0.4 is 15.0 Å². The average Bonchev–Trinajstić information content (AvgIpc) is 3.12. The molecule has 0 unspecified atom stereocenters. The van der Waals surface area contributed by atoms with Gasteiger partial charge < -0.3 is 15.0 Å². The van der Waals surface area contributed by atoms with E-state index in [9.17, 15) is 9.59 Å². The van der Waals surface area contributed by atoms with Crippen LogP contribution in [0.2, 0.25) is 0 Å². The van der Waals surface area contributed by atoms with E-state index in [0.29, 0.717) is 53.2 Å². The van der Waals surface area contributed by atoms with Gasteiger partial charge in [-0.3, -0.25) is 9.59 Å². The second kappa shape index (κ2) is 9.12. The topological polar surface area (TPSA) is 84.4 Å². The van der Waals surface area contributed by atoms with E-state index in [4.69, 9.17) is 4.74 Å². The summed E-state index contributed by atoms with van der Waals surface area (Å²) in [6.07, 6.45) is 2.49. The number of ether oxygens (including phenoxy) is 1. The first kappa shape index (κ1) is 22.2. The predicted octanol–water partition coefficient (Wildman–Crippen LogP) is 4.54. The lowest BCUT2D eigenvalue weighted by atomic mass is 9.92. The molecular weight excluding hydrogens is 400 g/mol. The molecule has 2 aromatic rings. The standard InChI is InChI=1S/C22H30N4O3S/c1-6-7-16-19(30-25-24-16)20(27)23-15-8-9-18-17(12-15)26(11-10-14(2)3)21(28)22(4,5)13-29-18/h8-9,12,14H,6-7,10-11,13H2,1-5H3,(H,23,27). The molecule has 162 valence electrons. The van der Waals surface area contributed by atoms with Gasteiger partial charge in [0.05, 0.1) is 16.8 Å².